The lowest BCUT2D eigenvalue weighted by Crippen LogP contribution is -2.25. The van der Waals surface area contributed by atoms with E-state index in [4.69, 9.17) is 22.1 Å². The lowest BCUT2D eigenvalue weighted by Gasteiger charge is -2.13. The molecule has 0 spiro atoms. The molecule has 0 aliphatic heterocycles. The molecule has 1 unspecified atom stereocenters. The first-order valence-electron chi connectivity index (χ1n) is 4.93. The van der Waals surface area contributed by atoms with Gasteiger partial charge < -0.3 is 20.9 Å². The Kier molecular flexibility index (Phi) is 5.48. The van der Waals surface area contributed by atoms with E-state index in [0.29, 0.717) is 36.1 Å². The van der Waals surface area contributed by atoms with E-state index in [1.807, 2.05) is 0 Å². The van der Waals surface area contributed by atoms with E-state index in [9.17, 15) is 5.11 Å². The second-order valence-electron chi connectivity index (χ2n) is 3.34. The Morgan fingerprint density at radius 1 is 1.69 bits per heavy atom. The number of aliphatic hydroxyl groups excluding tert-OH is 1. The zero-order valence-corrected chi connectivity index (χ0v) is 9.87. The normalized spacial score (nSPS) is 12.7. The number of methoxy groups -OCH3 is 1. The number of rotatable bonds is 6. The first-order chi connectivity index (χ1) is 7.65. The van der Waals surface area contributed by atoms with Gasteiger partial charge in [-0.25, -0.2) is 4.98 Å². The Hall–Kier alpha value is -0.880. The summed E-state index contributed by atoms with van der Waals surface area (Å²) < 4.78 is 4.87. The van der Waals surface area contributed by atoms with E-state index in [-0.39, 0.29) is 0 Å². The molecule has 0 saturated heterocycles. The number of halogens is 1. The van der Waals surface area contributed by atoms with Crippen LogP contribution in [0.3, 0.4) is 0 Å². The number of ether oxygens (including phenoxy) is 1. The monoisotopic (exact) mass is 245 g/mol. The zero-order valence-electron chi connectivity index (χ0n) is 9.11. The highest BCUT2D eigenvalue weighted by atomic mass is 35.5. The first-order valence-corrected chi connectivity index (χ1v) is 5.31. The van der Waals surface area contributed by atoms with Crippen molar-refractivity contribution in [3.63, 3.8) is 0 Å². The number of nitrogens with one attached hydrogen (secondary N) is 1. The molecule has 0 radical (unpaired) electrons. The van der Waals surface area contributed by atoms with Gasteiger partial charge in [0.25, 0.3) is 0 Å². The third-order valence-electron chi connectivity index (χ3n) is 2.10. The summed E-state index contributed by atoms with van der Waals surface area (Å²) in [6.45, 7) is 1.65. The predicted molar refractivity (Wildman–Crippen MR) is 63.4 cm³/mol. The van der Waals surface area contributed by atoms with Gasteiger partial charge in [0.15, 0.2) is 0 Å². The SMILES string of the molecule is COCCNCC(O)c1cc(Cl)cnc1N. The number of aromatic nitrogens is 1. The van der Waals surface area contributed by atoms with Crippen molar-refractivity contribution in [3.8, 4) is 0 Å². The van der Waals surface area contributed by atoms with Gasteiger partial charge in [-0.15, -0.1) is 0 Å². The van der Waals surface area contributed by atoms with Crippen molar-refractivity contribution in [2.45, 2.75) is 6.10 Å². The molecular weight excluding hydrogens is 230 g/mol. The second kappa shape index (κ2) is 6.65. The van der Waals surface area contributed by atoms with Gasteiger partial charge in [0.1, 0.15) is 5.82 Å². The third kappa shape index (κ3) is 3.94. The van der Waals surface area contributed by atoms with Crippen LogP contribution in [-0.2, 0) is 4.74 Å². The fourth-order valence-corrected chi connectivity index (χ4v) is 1.42. The van der Waals surface area contributed by atoms with Crippen molar-refractivity contribution in [1.29, 1.82) is 0 Å². The number of aliphatic hydroxyl groups is 1. The lowest BCUT2D eigenvalue weighted by molar-refractivity contribution is 0.162. The van der Waals surface area contributed by atoms with E-state index in [1.165, 1.54) is 6.20 Å². The standard InChI is InChI=1S/C10H16ClN3O2/c1-16-3-2-13-6-9(15)8-4-7(11)5-14-10(8)12/h4-5,9,13,15H,2-3,6H2,1H3,(H2,12,14). The van der Waals surface area contributed by atoms with Crippen LogP contribution in [0.1, 0.15) is 11.7 Å². The number of hydrogen-bond donors (Lipinski definition) is 3. The predicted octanol–water partition coefficient (Wildman–Crippen LogP) is 0.587. The van der Waals surface area contributed by atoms with Gasteiger partial charge in [-0.2, -0.15) is 0 Å². The number of nitrogens with zero attached hydrogens (tertiary/aromatic N) is 1. The Morgan fingerprint density at radius 2 is 2.44 bits per heavy atom. The molecule has 1 atom stereocenters. The molecule has 0 amide bonds. The average Bonchev–Trinajstić information content (AvgIpc) is 2.27. The number of pyridine rings is 1. The summed E-state index contributed by atoms with van der Waals surface area (Å²) in [7, 11) is 1.62. The smallest absolute Gasteiger partial charge is 0.129 e. The molecule has 6 heteroatoms. The minimum Gasteiger partial charge on any atom is -0.387 e. The molecule has 1 heterocycles. The van der Waals surface area contributed by atoms with E-state index in [0.717, 1.165) is 0 Å². The van der Waals surface area contributed by atoms with Crippen LogP contribution in [0.25, 0.3) is 0 Å². The van der Waals surface area contributed by atoms with Crippen molar-refractivity contribution in [1.82, 2.24) is 10.3 Å². The third-order valence-corrected chi connectivity index (χ3v) is 2.30. The summed E-state index contributed by atoms with van der Waals surface area (Å²) in [5.74, 6) is 0.297. The molecule has 1 aromatic heterocycles. The van der Waals surface area contributed by atoms with Crippen LogP contribution >= 0.6 is 11.6 Å². The molecule has 5 nitrogen and oxygen atoms in total. The second-order valence-corrected chi connectivity index (χ2v) is 3.78. The van der Waals surface area contributed by atoms with Gasteiger partial charge in [-0.3, -0.25) is 0 Å². The number of anilines is 1. The Morgan fingerprint density at radius 3 is 3.12 bits per heavy atom. The van der Waals surface area contributed by atoms with Crippen LogP contribution in [-0.4, -0.2) is 36.9 Å². The molecule has 0 aliphatic rings. The average molecular weight is 246 g/mol. The molecule has 0 aliphatic carbocycles. The molecule has 90 valence electrons. The van der Waals surface area contributed by atoms with Crippen LogP contribution in [0.2, 0.25) is 5.02 Å². The van der Waals surface area contributed by atoms with Gasteiger partial charge in [-0.05, 0) is 6.07 Å². The Balaban J connectivity index is 2.51. The molecule has 0 aromatic carbocycles. The fraction of sp³-hybridized carbons (Fsp3) is 0.500. The Bertz CT molecular complexity index is 336. The molecule has 1 rings (SSSR count). The summed E-state index contributed by atoms with van der Waals surface area (Å²) in [6.07, 6.45) is 0.730. The van der Waals surface area contributed by atoms with E-state index in [1.54, 1.807) is 13.2 Å². The largest absolute Gasteiger partial charge is 0.387 e. The zero-order chi connectivity index (χ0) is 12.0. The molecule has 1 aromatic rings. The fourth-order valence-electron chi connectivity index (χ4n) is 1.26. The molecule has 4 N–H and O–H groups in total. The van der Waals surface area contributed by atoms with Crippen LogP contribution < -0.4 is 11.1 Å². The lowest BCUT2D eigenvalue weighted by atomic mass is 10.1. The maximum atomic E-state index is 9.84. The summed E-state index contributed by atoms with van der Waals surface area (Å²) in [6, 6.07) is 1.62. The molecule has 16 heavy (non-hydrogen) atoms. The highest BCUT2D eigenvalue weighted by molar-refractivity contribution is 6.30. The maximum absolute atomic E-state index is 9.84. The van der Waals surface area contributed by atoms with Gasteiger partial charge >= 0.3 is 0 Å². The van der Waals surface area contributed by atoms with E-state index < -0.39 is 6.10 Å². The highest BCUT2D eigenvalue weighted by Gasteiger charge is 2.12. The maximum Gasteiger partial charge on any atom is 0.129 e. The minimum atomic E-state index is -0.719. The van der Waals surface area contributed by atoms with Gasteiger partial charge in [-0.1, -0.05) is 11.6 Å². The van der Waals surface area contributed by atoms with Gasteiger partial charge in [0.05, 0.1) is 17.7 Å². The van der Waals surface area contributed by atoms with Crippen LogP contribution in [0.5, 0.6) is 0 Å². The molecule has 0 saturated carbocycles. The number of nitrogens with two attached hydrogens (primary N) is 1. The van der Waals surface area contributed by atoms with E-state index >= 15 is 0 Å². The minimum absolute atomic E-state index is 0.297. The Labute approximate surface area is 99.6 Å². The highest BCUT2D eigenvalue weighted by Crippen LogP contribution is 2.21. The van der Waals surface area contributed by atoms with Crippen molar-refractivity contribution < 1.29 is 9.84 Å². The van der Waals surface area contributed by atoms with Crippen molar-refractivity contribution in [2.75, 3.05) is 32.5 Å². The molecular formula is C10H16ClN3O2. The van der Waals surface area contributed by atoms with Crippen molar-refractivity contribution in [3.05, 3.63) is 22.8 Å². The topological polar surface area (TPSA) is 80.4 Å². The van der Waals surface area contributed by atoms with Crippen LogP contribution in [0.4, 0.5) is 5.82 Å². The summed E-state index contributed by atoms with van der Waals surface area (Å²) in [5.41, 5.74) is 6.18. The van der Waals surface area contributed by atoms with Gasteiger partial charge in [0, 0.05) is 32.0 Å². The summed E-state index contributed by atoms with van der Waals surface area (Å²) in [4.78, 5) is 3.88. The number of hydrogen-bond acceptors (Lipinski definition) is 5. The van der Waals surface area contributed by atoms with Crippen LogP contribution in [0.15, 0.2) is 12.3 Å². The summed E-state index contributed by atoms with van der Waals surface area (Å²) in [5, 5.41) is 13.3. The van der Waals surface area contributed by atoms with Crippen LogP contribution in [0, 0.1) is 0 Å². The quantitative estimate of drug-likeness (QED) is 0.639. The first kappa shape index (κ1) is 13.2. The van der Waals surface area contributed by atoms with Gasteiger partial charge in [0.2, 0.25) is 0 Å². The van der Waals surface area contributed by atoms with Crippen molar-refractivity contribution in [2.24, 2.45) is 0 Å². The summed E-state index contributed by atoms with van der Waals surface area (Å²) >= 11 is 5.78. The molecule has 0 bridgehead atoms. The van der Waals surface area contributed by atoms with Crippen molar-refractivity contribution >= 4 is 17.4 Å². The number of nitrogen functional groups attached to an aromatic ring is 1. The van der Waals surface area contributed by atoms with E-state index in [2.05, 4.69) is 10.3 Å². The molecule has 0 fully saturated rings.